The Kier molecular flexibility index (Phi) is 3.72. The van der Waals surface area contributed by atoms with Crippen molar-refractivity contribution in [2.75, 3.05) is 11.1 Å². The van der Waals surface area contributed by atoms with Crippen LogP contribution in [0, 0.1) is 0 Å². The van der Waals surface area contributed by atoms with E-state index < -0.39 is 5.91 Å². The Morgan fingerprint density at radius 3 is 2.67 bits per heavy atom. The minimum atomic E-state index is -0.494. The summed E-state index contributed by atoms with van der Waals surface area (Å²) >= 11 is 0. The quantitative estimate of drug-likeness (QED) is 0.602. The van der Waals surface area contributed by atoms with Gasteiger partial charge in [0.05, 0.1) is 23.5 Å². The number of amides is 1. The minimum Gasteiger partial charge on any atom is -0.397 e. The lowest BCUT2D eigenvalue weighted by molar-refractivity contribution is 0.1000. The van der Waals surface area contributed by atoms with E-state index in [0.717, 1.165) is 31.4 Å². The predicted molar refractivity (Wildman–Crippen MR) is 71.3 cm³/mol. The lowest BCUT2D eigenvalue weighted by Gasteiger charge is -2.29. The Morgan fingerprint density at radius 1 is 1.33 bits per heavy atom. The van der Waals surface area contributed by atoms with Gasteiger partial charge in [-0.3, -0.25) is 4.79 Å². The molecule has 0 aliphatic heterocycles. The highest BCUT2D eigenvalue weighted by Crippen LogP contribution is 2.26. The van der Waals surface area contributed by atoms with E-state index in [9.17, 15) is 9.90 Å². The highest BCUT2D eigenvalue weighted by molar-refractivity contribution is 5.94. The first-order chi connectivity index (χ1) is 8.58. The number of nitrogens with one attached hydrogen (secondary N) is 1. The summed E-state index contributed by atoms with van der Waals surface area (Å²) in [4.78, 5) is 11.0. The summed E-state index contributed by atoms with van der Waals surface area (Å²) in [5, 5.41) is 13.1. The molecule has 1 saturated carbocycles. The Hall–Kier alpha value is -1.75. The second-order valence-electron chi connectivity index (χ2n) is 4.77. The lowest BCUT2D eigenvalue weighted by atomic mass is 9.92. The van der Waals surface area contributed by atoms with Crippen LogP contribution < -0.4 is 16.8 Å². The molecule has 98 valence electrons. The molecule has 1 aromatic rings. The van der Waals surface area contributed by atoms with Crippen molar-refractivity contribution in [2.24, 2.45) is 5.73 Å². The van der Waals surface area contributed by atoms with Crippen LogP contribution in [0.15, 0.2) is 18.2 Å². The van der Waals surface area contributed by atoms with Gasteiger partial charge in [-0.05, 0) is 31.0 Å². The van der Waals surface area contributed by atoms with Gasteiger partial charge in [0.1, 0.15) is 0 Å². The van der Waals surface area contributed by atoms with E-state index in [2.05, 4.69) is 5.32 Å². The van der Waals surface area contributed by atoms with Crippen molar-refractivity contribution in [2.45, 2.75) is 37.8 Å². The number of nitrogens with two attached hydrogens (primary N) is 2. The highest BCUT2D eigenvalue weighted by Gasteiger charge is 2.23. The maximum absolute atomic E-state index is 11.0. The SMILES string of the molecule is NC(=O)c1ccc(NC2CCCCC2O)c(N)c1. The van der Waals surface area contributed by atoms with E-state index in [1.807, 2.05) is 0 Å². The predicted octanol–water partition coefficient (Wildman–Crippen LogP) is 1.08. The molecule has 18 heavy (non-hydrogen) atoms. The third kappa shape index (κ3) is 2.73. The molecule has 5 heteroatoms. The molecule has 2 atom stereocenters. The Balaban J connectivity index is 2.11. The lowest BCUT2D eigenvalue weighted by Crippen LogP contribution is -2.36. The van der Waals surface area contributed by atoms with E-state index in [1.54, 1.807) is 18.2 Å². The van der Waals surface area contributed by atoms with Crippen LogP contribution in [-0.2, 0) is 0 Å². The Bertz CT molecular complexity index is 448. The molecule has 1 fully saturated rings. The number of hydrogen-bond donors (Lipinski definition) is 4. The summed E-state index contributed by atoms with van der Waals surface area (Å²) in [6.07, 6.45) is 3.58. The van der Waals surface area contributed by atoms with Crippen LogP contribution in [0.2, 0.25) is 0 Å². The second-order valence-corrected chi connectivity index (χ2v) is 4.77. The summed E-state index contributed by atoms with van der Waals surface area (Å²) in [7, 11) is 0. The zero-order valence-corrected chi connectivity index (χ0v) is 10.2. The Morgan fingerprint density at radius 2 is 2.06 bits per heavy atom. The van der Waals surface area contributed by atoms with Crippen molar-refractivity contribution in [3.05, 3.63) is 23.8 Å². The first-order valence-electron chi connectivity index (χ1n) is 6.22. The van der Waals surface area contributed by atoms with Gasteiger partial charge in [0.15, 0.2) is 0 Å². The van der Waals surface area contributed by atoms with Crippen LogP contribution >= 0.6 is 0 Å². The maximum Gasteiger partial charge on any atom is 0.248 e. The molecular formula is C13H19N3O2. The number of benzene rings is 1. The van der Waals surface area contributed by atoms with Gasteiger partial charge in [0.2, 0.25) is 5.91 Å². The van der Waals surface area contributed by atoms with E-state index in [1.165, 1.54) is 0 Å². The maximum atomic E-state index is 11.0. The topological polar surface area (TPSA) is 101 Å². The van der Waals surface area contributed by atoms with Gasteiger partial charge in [0.25, 0.3) is 0 Å². The van der Waals surface area contributed by atoms with E-state index >= 15 is 0 Å². The first-order valence-corrected chi connectivity index (χ1v) is 6.22. The number of primary amides is 1. The fourth-order valence-electron chi connectivity index (χ4n) is 2.33. The number of aliphatic hydroxyl groups is 1. The molecule has 2 unspecified atom stereocenters. The van der Waals surface area contributed by atoms with Crippen molar-refractivity contribution >= 4 is 17.3 Å². The molecule has 0 spiro atoms. The van der Waals surface area contributed by atoms with Gasteiger partial charge in [-0.2, -0.15) is 0 Å². The summed E-state index contributed by atoms with van der Waals surface area (Å²) in [5.41, 5.74) is 12.7. The minimum absolute atomic E-state index is 0.0282. The zero-order valence-electron chi connectivity index (χ0n) is 10.2. The molecular weight excluding hydrogens is 230 g/mol. The third-order valence-electron chi connectivity index (χ3n) is 3.41. The summed E-state index contributed by atoms with van der Waals surface area (Å²) < 4.78 is 0. The smallest absolute Gasteiger partial charge is 0.248 e. The molecule has 1 aliphatic rings. The van der Waals surface area contributed by atoms with Crippen LogP contribution in [0.5, 0.6) is 0 Å². The van der Waals surface area contributed by atoms with Gasteiger partial charge in [-0.1, -0.05) is 12.8 Å². The number of anilines is 2. The first kappa shape index (κ1) is 12.7. The van der Waals surface area contributed by atoms with E-state index in [4.69, 9.17) is 11.5 Å². The molecule has 0 bridgehead atoms. The molecule has 0 heterocycles. The van der Waals surface area contributed by atoms with Crippen LogP contribution in [0.4, 0.5) is 11.4 Å². The molecule has 0 radical (unpaired) electrons. The number of carbonyl (C=O) groups excluding carboxylic acids is 1. The van der Waals surface area contributed by atoms with Gasteiger partial charge in [-0.25, -0.2) is 0 Å². The molecule has 2 rings (SSSR count). The number of hydrogen-bond acceptors (Lipinski definition) is 4. The van der Waals surface area contributed by atoms with Gasteiger partial charge >= 0.3 is 0 Å². The van der Waals surface area contributed by atoms with Gasteiger partial charge in [-0.15, -0.1) is 0 Å². The molecule has 1 aromatic carbocycles. The molecule has 1 amide bonds. The van der Waals surface area contributed by atoms with E-state index in [-0.39, 0.29) is 12.1 Å². The van der Waals surface area contributed by atoms with Crippen LogP contribution in [0.3, 0.4) is 0 Å². The highest BCUT2D eigenvalue weighted by atomic mass is 16.3. The van der Waals surface area contributed by atoms with Crippen molar-refractivity contribution in [3.8, 4) is 0 Å². The van der Waals surface area contributed by atoms with Crippen molar-refractivity contribution in [1.82, 2.24) is 0 Å². The van der Waals surface area contributed by atoms with Gasteiger partial charge < -0.3 is 21.9 Å². The fourth-order valence-corrected chi connectivity index (χ4v) is 2.33. The number of aliphatic hydroxyl groups excluding tert-OH is 1. The number of carbonyl (C=O) groups is 1. The van der Waals surface area contributed by atoms with Crippen molar-refractivity contribution in [3.63, 3.8) is 0 Å². The average molecular weight is 249 g/mol. The number of rotatable bonds is 3. The molecule has 1 aliphatic carbocycles. The van der Waals surface area contributed by atoms with Crippen LogP contribution in [0.25, 0.3) is 0 Å². The number of nitrogen functional groups attached to an aromatic ring is 1. The van der Waals surface area contributed by atoms with Crippen LogP contribution in [-0.4, -0.2) is 23.2 Å². The van der Waals surface area contributed by atoms with Crippen molar-refractivity contribution < 1.29 is 9.90 Å². The molecule has 5 nitrogen and oxygen atoms in total. The summed E-state index contributed by atoms with van der Waals surface area (Å²) in [5.74, 6) is -0.494. The zero-order chi connectivity index (χ0) is 13.1. The summed E-state index contributed by atoms with van der Waals surface area (Å²) in [6.45, 7) is 0. The molecule has 6 N–H and O–H groups in total. The Labute approximate surface area is 106 Å². The monoisotopic (exact) mass is 249 g/mol. The normalized spacial score (nSPS) is 23.6. The second kappa shape index (κ2) is 5.27. The molecule has 0 aromatic heterocycles. The fraction of sp³-hybridized carbons (Fsp3) is 0.462. The molecule has 0 saturated heterocycles. The summed E-state index contributed by atoms with van der Waals surface area (Å²) in [6, 6.07) is 4.95. The largest absolute Gasteiger partial charge is 0.397 e. The van der Waals surface area contributed by atoms with Crippen LogP contribution in [0.1, 0.15) is 36.0 Å². The standard InChI is InChI=1S/C13H19N3O2/c14-9-7-8(13(15)18)5-6-10(9)16-11-3-1-2-4-12(11)17/h5-7,11-12,16-17H,1-4,14H2,(H2,15,18). The third-order valence-corrected chi connectivity index (χ3v) is 3.41. The van der Waals surface area contributed by atoms with E-state index in [0.29, 0.717) is 11.3 Å². The van der Waals surface area contributed by atoms with Gasteiger partial charge in [0, 0.05) is 5.56 Å². The van der Waals surface area contributed by atoms with Crippen molar-refractivity contribution in [1.29, 1.82) is 0 Å². The average Bonchev–Trinajstić information content (AvgIpc) is 2.34.